The highest BCUT2D eigenvalue weighted by molar-refractivity contribution is 14.1. The van der Waals surface area contributed by atoms with Crippen molar-refractivity contribution < 1.29 is 23.5 Å². The predicted molar refractivity (Wildman–Crippen MR) is 133 cm³/mol. The number of imide groups is 1. The van der Waals surface area contributed by atoms with Gasteiger partial charge >= 0.3 is 6.03 Å². The number of halogens is 2. The number of anilines is 1. The Labute approximate surface area is 209 Å². The van der Waals surface area contributed by atoms with E-state index in [9.17, 15) is 18.8 Å². The van der Waals surface area contributed by atoms with E-state index in [1.807, 2.05) is 28.7 Å². The van der Waals surface area contributed by atoms with Crippen molar-refractivity contribution in [2.75, 3.05) is 12.4 Å². The first-order valence-electron chi connectivity index (χ1n) is 10.4. The van der Waals surface area contributed by atoms with Gasteiger partial charge < -0.3 is 15.4 Å². The summed E-state index contributed by atoms with van der Waals surface area (Å²) in [6.45, 7) is 0. The van der Waals surface area contributed by atoms with E-state index in [2.05, 4.69) is 10.6 Å². The summed E-state index contributed by atoms with van der Waals surface area (Å²) in [5.74, 6) is -1.22. The average Bonchev–Trinajstić information content (AvgIpc) is 3.13. The quantitative estimate of drug-likeness (QED) is 0.327. The van der Waals surface area contributed by atoms with E-state index in [0.29, 0.717) is 14.9 Å². The first-order chi connectivity index (χ1) is 16.4. The maximum absolute atomic E-state index is 14.4. The van der Waals surface area contributed by atoms with Crippen LogP contribution >= 0.6 is 22.6 Å². The lowest BCUT2D eigenvalue weighted by atomic mass is 10.0. The average molecular weight is 573 g/mol. The molecule has 0 aliphatic carbocycles. The van der Waals surface area contributed by atoms with E-state index in [4.69, 9.17) is 4.74 Å². The largest absolute Gasteiger partial charge is 0.497 e. The maximum atomic E-state index is 14.4. The molecule has 2 atom stereocenters. The van der Waals surface area contributed by atoms with E-state index in [-0.39, 0.29) is 12.1 Å². The third-order valence-corrected chi connectivity index (χ3v) is 6.17. The molecule has 7 nitrogen and oxygen atoms in total. The van der Waals surface area contributed by atoms with Crippen molar-refractivity contribution in [2.45, 2.75) is 18.5 Å². The van der Waals surface area contributed by atoms with Gasteiger partial charge in [0.15, 0.2) is 0 Å². The fourth-order valence-electron chi connectivity index (χ4n) is 3.76. The minimum absolute atomic E-state index is 0.0257. The highest BCUT2D eigenvalue weighted by atomic mass is 127. The van der Waals surface area contributed by atoms with Crippen LogP contribution in [0.5, 0.6) is 5.75 Å². The van der Waals surface area contributed by atoms with Crippen LogP contribution in [0.15, 0.2) is 72.8 Å². The number of urea groups is 1. The van der Waals surface area contributed by atoms with Gasteiger partial charge in [-0.2, -0.15) is 0 Å². The van der Waals surface area contributed by atoms with Gasteiger partial charge in [-0.3, -0.25) is 9.59 Å². The molecule has 2 N–H and O–H groups in total. The molecule has 0 aromatic heterocycles. The second-order valence-electron chi connectivity index (χ2n) is 7.68. The van der Waals surface area contributed by atoms with Gasteiger partial charge in [0, 0.05) is 9.99 Å². The van der Waals surface area contributed by atoms with Gasteiger partial charge in [0.05, 0.1) is 12.8 Å². The Hall–Kier alpha value is -3.47. The number of hydrogen-bond donors (Lipinski definition) is 2. The molecule has 0 bridgehead atoms. The Morgan fingerprint density at radius 3 is 2.47 bits per heavy atom. The van der Waals surface area contributed by atoms with Gasteiger partial charge in [-0.05, 0) is 64.0 Å². The van der Waals surface area contributed by atoms with Gasteiger partial charge in [-0.15, -0.1) is 0 Å². The fraction of sp³-hybridized carbons (Fsp3) is 0.160. The number of ether oxygens (including phenoxy) is 1. The Morgan fingerprint density at radius 2 is 1.82 bits per heavy atom. The monoisotopic (exact) mass is 573 g/mol. The minimum Gasteiger partial charge on any atom is -0.497 e. The number of carbonyl (C=O) groups excluding carboxylic acids is 3. The third-order valence-electron chi connectivity index (χ3n) is 5.50. The number of amides is 4. The van der Waals surface area contributed by atoms with E-state index in [0.717, 1.165) is 10.5 Å². The normalized spacial score (nSPS) is 16.2. The number of carbonyl (C=O) groups is 3. The lowest BCUT2D eigenvalue weighted by Gasteiger charge is -2.25. The summed E-state index contributed by atoms with van der Waals surface area (Å²) in [6.07, 6.45) is 0.0765. The summed E-state index contributed by atoms with van der Waals surface area (Å²) in [4.78, 5) is 40.4. The zero-order valence-corrected chi connectivity index (χ0v) is 20.3. The molecule has 0 radical (unpaired) electrons. The van der Waals surface area contributed by atoms with Gasteiger partial charge in [0.1, 0.15) is 23.7 Å². The molecule has 1 aliphatic heterocycles. The van der Waals surface area contributed by atoms with E-state index in [1.54, 1.807) is 54.6 Å². The standard InChI is InChI=1S/C25H21FIN3O4/c1-34-18-10-7-16(8-11-18)22-24(32)30(25(33)29-22)21(13-15-5-3-2-4-6-15)23(31)28-20-12-9-17(27)14-19(20)26/h2-12,14,21-22H,13H2,1H3,(H,28,31)(H,29,33). The molecule has 4 rings (SSSR count). The van der Waals surface area contributed by atoms with Crippen LogP contribution in [0.25, 0.3) is 0 Å². The zero-order chi connectivity index (χ0) is 24.2. The number of rotatable bonds is 7. The van der Waals surface area contributed by atoms with Crippen molar-refractivity contribution in [2.24, 2.45) is 0 Å². The van der Waals surface area contributed by atoms with Crippen LogP contribution in [0, 0.1) is 9.39 Å². The number of benzene rings is 3. The predicted octanol–water partition coefficient (Wildman–Crippen LogP) is 4.28. The van der Waals surface area contributed by atoms with Gasteiger partial charge in [-0.1, -0.05) is 42.5 Å². The number of nitrogens with one attached hydrogen (secondary N) is 2. The van der Waals surface area contributed by atoms with Crippen LogP contribution in [-0.2, 0) is 16.0 Å². The van der Waals surface area contributed by atoms with Crippen molar-refractivity contribution in [1.29, 1.82) is 0 Å². The molecule has 1 aliphatic rings. The summed E-state index contributed by atoms with van der Waals surface area (Å²) in [5.41, 5.74) is 1.28. The molecule has 34 heavy (non-hydrogen) atoms. The number of hydrogen-bond acceptors (Lipinski definition) is 4. The van der Waals surface area contributed by atoms with Crippen LogP contribution in [0.3, 0.4) is 0 Å². The molecule has 1 heterocycles. The lowest BCUT2D eigenvalue weighted by molar-refractivity contribution is -0.134. The van der Waals surface area contributed by atoms with E-state index >= 15 is 0 Å². The van der Waals surface area contributed by atoms with Gasteiger partial charge in [-0.25, -0.2) is 14.1 Å². The highest BCUT2D eigenvalue weighted by Crippen LogP contribution is 2.27. The first-order valence-corrected chi connectivity index (χ1v) is 11.5. The molecular weight excluding hydrogens is 552 g/mol. The van der Waals surface area contributed by atoms with Crippen molar-refractivity contribution >= 4 is 46.1 Å². The highest BCUT2D eigenvalue weighted by Gasteiger charge is 2.45. The molecule has 3 aromatic rings. The Kier molecular flexibility index (Phi) is 7.11. The molecule has 2 unspecified atom stereocenters. The van der Waals surface area contributed by atoms with Crippen molar-refractivity contribution in [3.05, 3.63) is 93.3 Å². The van der Waals surface area contributed by atoms with Crippen LogP contribution in [0.2, 0.25) is 0 Å². The molecule has 0 spiro atoms. The zero-order valence-electron chi connectivity index (χ0n) is 18.1. The molecule has 1 saturated heterocycles. The summed E-state index contributed by atoms with van der Waals surface area (Å²) < 4.78 is 20.2. The molecular formula is C25H21FIN3O4. The lowest BCUT2D eigenvalue weighted by Crippen LogP contribution is -2.49. The molecule has 4 amide bonds. The smallest absolute Gasteiger partial charge is 0.325 e. The molecule has 174 valence electrons. The number of methoxy groups -OCH3 is 1. The van der Waals surface area contributed by atoms with Crippen LogP contribution in [-0.4, -0.2) is 35.9 Å². The van der Waals surface area contributed by atoms with Crippen molar-refractivity contribution in [3.8, 4) is 5.75 Å². The molecule has 0 saturated carbocycles. The van der Waals surface area contributed by atoms with Gasteiger partial charge in [0.2, 0.25) is 5.91 Å². The number of nitrogens with zero attached hydrogens (tertiary/aromatic N) is 1. The third kappa shape index (κ3) is 5.04. The maximum Gasteiger partial charge on any atom is 0.325 e. The Balaban J connectivity index is 1.64. The van der Waals surface area contributed by atoms with Gasteiger partial charge in [0.25, 0.3) is 5.91 Å². The van der Waals surface area contributed by atoms with Crippen LogP contribution in [0.1, 0.15) is 17.2 Å². The second kappa shape index (κ2) is 10.2. The fourth-order valence-corrected chi connectivity index (χ4v) is 4.21. The molecule has 1 fully saturated rings. The first kappa shape index (κ1) is 23.7. The molecule has 3 aromatic carbocycles. The van der Waals surface area contributed by atoms with Crippen molar-refractivity contribution in [3.63, 3.8) is 0 Å². The summed E-state index contributed by atoms with van der Waals surface area (Å²) in [6, 6.07) is 17.3. The summed E-state index contributed by atoms with van der Waals surface area (Å²) in [5, 5.41) is 5.19. The minimum atomic E-state index is -1.18. The topological polar surface area (TPSA) is 87.7 Å². The Bertz CT molecular complexity index is 1220. The van der Waals surface area contributed by atoms with Crippen molar-refractivity contribution in [1.82, 2.24) is 10.2 Å². The Morgan fingerprint density at radius 1 is 1.12 bits per heavy atom. The SMILES string of the molecule is COc1ccc(C2NC(=O)N(C(Cc3ccccc3)C(=O)Nc3ccc(I)cc3F)C2=O)cc1. The van der Waals surface area contributed by atoms with Crippen LogP contribution < -0.4 is 15.4 Å². The molecule has 9 heteroatoms. The van der Waals surface area contributed by atoms with E-state index < -0.39 is 35.7 Å². The van der Waals surface area contributed by atoms with Crippen LogP contribution in [0.4, 0.5) is 14.9 Å². The summed E-state index contributed by atoms with van der Waals surface area (Å²) >= 11 is 1.97. The van der Waals surface area contributed by atoms with E-state index in [1.165, 1.54) is 19.2 Å². The second-order valence-corrected chi connectivity index (χ2v) is 8.93. The summed E-state index contributed by atoms with van der Waals surface area (Å²) in [7, 11) is 1.53.